The van der Waals surface area contributed by atoms with Gasteiger partial charge in [0.25, 0.3) is 0 Å². The minimum absolute atomic E-state index is 0.0717. The van der Waals surface area contributed by atoms with Crippen LogP contribution in [0.2, 0.25) is 0 Å². The number of ether oxygens (including phenoxy) is 1. The van der Waals surface area contributed by atoms with Crippen LogP contribution in [-0.2, 0) is 4.74 Å². The Morgan fingerprint density at radius 3 is 2.71 bits per heavy atom. The molecule has 1 fully saturated rings. The highest BCUT2D eigenvalue weighted by atomic mass is 19.4. The zero-order chi connectivity index (χ0) is 12.9. The summed E-state index contributed by atoms with van der Waals surface area (Å²) in [5, 5.41) is 3.43. The van der Waals surface area contributed by atoms with E-state index in [0.29, 0.717) is 6.54 Å². The number of alkyl halides is 3. The van der Waals surface area contributed by atoms with Gasteiger partial charge in [0.05, 0.1) is 6.61 Å². The molecule has 1 unspecified atom stereocenters. The predicted octanol–water partition coefficient (Wildman–Crippen LogP) is 1.64. The number of nitrogens with zero attached hydrogens (tertiary/aromatic N) is 1. The molecule has 3 nitrogen and oxygen atoms in total. The smallest absolute Gasteiger partial charge is 0.371 e. The first kappa shape index (κ1) is 14.7. The van der Waals surface area contributed by atoms with Crippen molar-refractivity contribution >= 4 is 0 Å². The Labute approximate surface area is 100 Å². The van der Waals surface area contributed by atoms with Crippen LogP contribution < -0.4 is 5.32 Å². The van der Waals surface area contributed by atoms with Gasteiger partial charge in [0.15, 0.2) is 0 Å². The second-order valence-electron chi connectivity index (χ2n) is 4.78. The Bertz CT molecular complexity index is 235. The summed E-state index contributed by atoms with van der Waals surface area (Å²) in [6.45, 7) is 6.40. The molecule has 0 aromatic heterocycles. The number of nitrogens with one attached hydrogen (secondary N) is 1. The van der Waals surface area contributed by atoms with Crippen LogP contribution in [0.5, 0.6) is 0 Å². The van der Waals surface area contributed by atoms with E-state index < -0.39 is 12.8 Å². The van der Waals surface area contributed by atoms with Gasteiger partial charge >= 0.3 is 6.18 Å². The van der Waals surface area contributed by atoms with Crippen molar-refractivity contribution in [1.82, 2.24) is 10.2 Å². The summed E-state index contributed by atoms with van der Waals surface area (Å²) in [4.78, 5) is 2.15. The van der Waals surface area contributed by atoms with Crippen LogP contribution in [0.15, 0.2) is 0 Å². The lowest BCUT2D eigenvalue weighted by molar-refractivity contribution is -0.174. The standard InChI is InChI=1S/C11H21F3N2O/c1-3-10(2)8-16(5-4-15-10)6-7-17-9-11(12,13)14/h15H,3-9H2,1-2H3. The fourth-order valence-corrected chi connectivity index (χ4v) is 1.95. The summed E-state index contributed by atoms with van der Waals surface area (Å²) in [6, 6.07) is 0. The maximum absolute atomic E-state index is 11.9. The molecule has 0 spiro atoms. The van der Waals surface area contributed by atoms with E-state index in [1.54, 1.807) is 0 Å². The minimum Gasteiger partial charge on any atom is -0.371 e. The van der Waals surface area contributed by atoms with Crippen molar-refractivity contribution in [3.63, 3.8) is 0 Å². The second-order valence-corrected chi connectivity index (χ2v) is 4.78. The number of hydrogen-bond donors (Lipinski definition) is 1. The van der Waals surface area contributed by atoms with Crippen molar-refractivity contribution in [3.8, 4) is 0 Å². The molecule has 0 aliphatic carbocycles. The molecule has 0 saturated carbocycles. The molecule has 0 radical (unpaired) electrons. The lowest BCUT2D eigenvalue weighted by Gasteiger charge is -2.41. The second kappa shape index (κ2) is 6.02. The molecule has 0 aromatic carbocycles. The molecule has 0 aromatic rings. The van der Waals surface area contributed by atoms with Gasteiger partial charge in [0.2, 0.25) is 0 Å². The monoisotopic (exact) mass is 254 g/mol. The summed E-state index contributed by atoms with van der Waals surface area (Å²) in [5.74, 6) is 0. The van der Waals surface area contributed by atoms with Gasteiger partial charge in [-0.1, -0.05) is 6.92 Å². The van der Waals surface area contributed by atoms with Crippen molar-refractivity contribution < 1.29 is 17.9 Å². The summed E-state index contributed by atoms with van der Waals surface area (Å²) in [5.41, 5.74) is 0.0717. The normalized spacial score (nSPS) is 27.4. The summed E-state index contributed by atoms with van der Waals surface area (Å²) >= 11 is 0. The maximum Gasteiger partial charge on any atom is 0.411 e. The van der Waals surface area contributed by atoms with E-state index in [1.807, 2.05) is 0 Å². The molecule has 102 valence electrons. The maximum atomic E-state index is 11.9. The lowest BCUT2D eigenvalue weighted by Crippen LogP contribution is -2.58. The molecule has 1 heterocycles. The number of halogens is 3. The topological polar surface area (TPSA) is 24.5 Å². The van der Waals surface area contributed by atoms with Crippen LogP contribution in [0, 0.1) is 0 Å². The molecule has 0 amide bonds. The third-order valence-electron chi connectivity index (χ3n) is 3.15. The van der Waals surface area contributed by atoms with Crippen LogP contribution in [0.25, 0.3) is 0 Å². The SMILES string of the molecule is CCC1(C)CN(CCOCC(F)(F)F)CCN1. The highest BCUT2D eigenvalue weighted by Gasteiger charge is 2.29. The minimum atomic E-state index is -4.22. The molecule has 1 saturated heterocycles. The van der Waals surface area contributed by atoms with Gasteiger partial charge in [-0.2, -0.15) is 13.2 Å². The third kappa shape index (κ3) is 5.70. The Hall–Kier alpha value is -0.330. The fourth-order valence-electron chi connectivity index (χ4n) is 1.95. The van der Waals surface area contributed by atoms with Gasteiger partial charge < -0.3 is 10.1 Å². The third-order valence-corrected chi connectivity index (χ3v) is 3.15. The zero-order valence-corrected chi connectivity index (χ0v) is 10.4. The van der Waals surface area contributed by atoms with Crippen LogP contribution in [0.1, 0.15) is 20.3 Å². The molecule has 6 heteroatoms. The average Bonchev–Trinajstić information content (AvgIpc) is 2.24. The molecule has 1 aliphatic rings. The number of hydrogen-bond acceptors (Lipinski definition) is 3. The number of rotatable bonds is 5. The Kier molecular flexibility index (Phi) is 5.22. The summed E-state index contributed by atoms with van der Waals surface area (Å²) in [7, 11) is 0. The molecular weight excluding hydrogens is 233 g/mol. The molecule has 1 N–H and O–H groups in total. The van der Waals surface area contributed by atoms with Gasteiger partial charge in [-0.05, 0) is 13.3 Å². The van der Waals surface area contributed by atoms with Crippen LogP contribution in [0.3, 0.4) is 0 Å². The van der Waals surface area contributed by atoms with E-state index in [4.69, 9.17) is 0 Å². The van der Waals surface area contributed by atoms with Gasteiger partial charge in [-0.15, -0.1) is 0 Å². The van der Waals surface area contributed by atoms with Crippen LogP contribution in [-0.4, -0.2) is 56.0 Å². The summed E-state index contributed by atoms with van der Waals surface area (Å²) < 4.78 is 40.2. The summed E-state index contributed by atoms with van der Waals surface area (Å²) in [6.07, 6.45) is -3.21. The van der Waals surface area contributed by atoms with E-state index in [1.165, 1.54) is 0 Å². The van der Waals surface area contributed by atoms with Crippen molar-refractivity contribution in [3.05, 3.63) is 0 Å². The average molecular weight is 254 g/mol. The van der Waals surface area contributed by atoms with Gasteiger partial charge in [-0.25, -0.2) is 0 Å². The first-order valence-corrected chi connectivity index (χ1v) is 5.96. The van der Waals surface area contributed by atoms with Gasteiger partial charge in [-0.3, -0.25) is 4.90 Å². The fraction of sp³-hybridized carbons (Fsp3) is 1.00. The highest BCUT2D eigenvalue weighted by Crippen LogP contribution is 2.16. The largest absolute Gasteiger partial charge is 0.411 e. The Morgan fingerprint density at radius 2 is 2.12 bits per heavy atom. The van der Waals surface area contributed by atoms with Crippen LogP contribution >= 0.6 is 0 Å². The Morgan fingerprint density at radius 1 is 1.41 bits per heavy atom. The van der Waals surface area contributed by atoms with Crippen LogP contribution in [0.4, 0.5) is 13.2 Å². The first-order chi connectivity index (χ1) is 7.85. The predicted molar refractivity (Wildman–Crippen MR) is 60.0 cm³/mol. The van der Waals surface area contributed by atoms with Crippen molar-refractivity contribution in [2.75, 3.05) is 39.4 Å². The van der Waals surface area contributed by atoms with Crippen molar-refractivity contribution in [2.45, 2.75) is 32.0 Å². The van der Waals surface area contributed by atoms with Crippen molar-refractivity contribution in [1.29, 1.82) is 0 Å². The van der Waals surface area contributed by atoms with Gasteiger partial charge in [0, 0.05) is 31.7 Å². The Balaban J connectivity index is 2.19. The molecular formula is C11H21F3N2O. The molecule has 1 atom stereocenters. The lowest BCUT2D eigenvalue weighted by atomic mass is 9.96. The highest BCUT2D eigenvalue weighted by molar-refractivity contribution is 4.89. The van der Waals surface area contributed by atoms with E-state index in [-0.39, 0.29) is 12.1 Å². The van der Waals surface area contributed by atoms with E-state index in [0.717, 1.165) is 26.1 Å². The molecule has 1 rings (SSSR count). The van der Waals surface area contributed by atoms with Crippen molar-refractivity contribution in [2.24, 2.45) is 0 Å². The van der Waals surface area contributed by atoms with E-state index in [9.17, 15) is 13.2 Å². The first-order valence-electron chi connectivity index (χ1n) is 5.96. The van der Waals surface area contributed by atoms with Gasteiger partial charge in [0.1, 0.15) is 6.61 Å². The van der Waals surface area contributed by atoms with E-state index in [2.05, 4.69) is 28.8 Å². The van der Waals surface area contributed by atoms with E-state index >= 15 is 0 Å². The molecule has 0 bridgehead atoms. The number of piperazine rings is 1. The quantitative estimate of drug-likeness (QED) is 0.755. The zero-order valence-electron chi connectivity index (χ0n) is 10.4. The molecule has 1 aliphatic heterocycles. The molecule has 17 heavy (non-hydrogen) atoms.